The lowest BCUT2D eigenvalue weighted by molar-refractivity contribution is 0.268. The number of nitrogens with one attached hydrogen (secondary N) is 2. The summed E-state index contributed by atoms with van der Waals surface area (Å²) in [5.74, 6) is 1.63. The molecule has 1 aromatic carbocycles. The minimum atomic E-state index is 0.0495. The van der Waals surface area contributed by atoms with Crippen molar-refractivity contribution < 1.29 is 5.11 Å². The molecule has 25 heavy (non-hydrogen) atoms. The number of rotatable bonds is 8. The van der Waals surface area contributed by atoms with E-state index in [2.05, 4.69) is 34.6 Å². The first-order valence-electron chi connectivity index (χ1n) is 9.72. The molecular weight excluding hydrogens is 312 g/mol. The molecule has 5 nitrogen and oxygen atoms in total. The molecule has 2 fully saturated rings. The van der Waals surface area contributed by atoms with Crippen LogP contribution in [-0.4, -0.2) is 61.3 Å². The van der Waals surface area contributed by atoms with E-state index < -0.39 is 0 Å². The maximum absolute atomic E-state index is 9.70. The summed E-state index contributed by atoms with van der Waals surface area (Å²) in [6.45, 7) is 7.10. The number of guanidine groups is 1. The summed E-state index contributed by atoms with van der Waals surface area (Å²) in [6, 6.07) is 11.0. The largest absolute Gasteiger partial charge is 0.396 e. The summed E-state index contributed by atoms with van der Waals surface area (Å²) >= 11 is 0. The third-order valence-electron chi connectivity index (χ3n) is 5.24. The van der Waals surface area contributed by atoms with E-state index in [9.17, 15) is 5.11 Å². The van der Waals surface area contributed by atoms with E-state index in [4.69, 9.17) is 4.99 Å². The van der Waals surface area contributed by atoms with Crippen LogP contribution in [0.1, 0.15) is 37.7 Å². The van der Waals surface area contributed by atoms with Gasteiger partial charge < -0.3 is 20.6 Å². The Labute approximate surface area is 151 Å². The fourth-order valence-electron chi connectivity index (χ4n) is 3.58. The first-order chi connectivity index (χ1) is 12.3. The molecule has 1 saturated heterocycles. The Morgan fingerprint density at radius 3 is 2.72 bits per heavy atom. The van der Waals surface area contributed by atoms with E-state index in [1.807, 2.05) is 18.2 Å². The summed E-state index contributed by atoms with van der Waals surface area (Å²) in [5.41, 5.74) is 1.14. The van der Waals surface area contributed by atoms with Gasteiger partial charge in [0.2, 0.25) is 0 Å². The molecule has 5 heteroatoms. The van der Waals surface area contributed by atoms with Gasteiger partial charge in [-0.05, 0) is 44.2 Å². The maximum atomic E-state index is 9.70. The summed E-state index contributed by atoms with van der Waals surface area (Å²) < 4.78 is 0. The quantitative estimate of drug-likeness (QED) is 0.497. The highest BCUT2D eigenvalue weighted by Crippen LogP contribution is 2.31. The van der Waals surface area contributed by atoms with Crippen LogP contribution in [0.4, 0.5) is 0 Å². The van der Waals surface area contributed by atoms with Gasteiger partial charge in [-0.3, -0.25) is 4.99 Å². The second-order valence-electron chi connectivity index (χ2n) is 7.27. The van der Waals surface area contributed by atoms with Gasteiger partial charge in [0.1, 0.15) is 0 Å². The molecule has 1 heterocycles. The van der Waals surface area contributed by atoms with Crippen LogP contribution in [0.3, 0.4) is 0 Å². The molecule has 138 valence electrons. The van der Waals surface area contributed by atoms with Crippen LogP contribution < -0.4 is 10.6 Å². The van der Waals surface area contributed by atoms with Crippen LogP contribution in [0, 0.1) is 5.92 Å². The zero-order valence-electron chi connectivity index (χ0n) is 15.3. The molecule has 3 N–H and O–H groups in total. The smallest absolute Gasteiger partial charge is 0.191 e. The van der Waals surface area contributed by atoms with E-state index >= 15 is 0 Å². The molecule has 1 saturated carbocycles. The lowest BCUT2D eigenvalue weighted by atomic mass is 10.0. The molecule has 1 aliphatic heterocycles. The molecular formula is C20H32N4O. The normalized spacial score (nSPS) is 22.8. The van der Waals surface area contributed by atoms with Crippen LogP contribution in [0.5, 0.6) is 0 Å². The van der Waals surface area contributed by atoms with Gasteiger partial charge in [0, 0.05) is 31.6 Å². The van der Waals surface area contributed by atoms with Gasteiger partial charge in [-0.2, -0.15) is 0 Å². The number of hydrogen-bond acceptors (Lipinski definition) is 3. The third kappa shape index (κ3) is 5.44. The van der Waals surface area contributed by atoms with Crippen LogP contribution in [0.25, 0.3) is 0 Å². The van der Waals surface area contributed by atoms with E-state index in [0.717, 1.165) is 30.7 Å². The van der Waals surface area contributed by atoms with E-state index in [1.54, 1.807) is 0 Å². The second kappa shape index (κ2) is 9.20. The molecule has 2 atom stereocenters. The van der Waals surface area contributed by atoms with Crippen molar-refractivity contribution in [2.45, 2.75) is 38.1 Å². The first-order valence-corrected chi connectivity index (χ1v) is 9.72. The summed E-state index contributed by atoms with van der Waals surface area (Å²) in [6.07, 6.45) is 4.07. The van der Waals surface area contributed by atoms with Crippen molar-refractivity contribution in [1.29, 1.82) is 0 Å². The fraction of sp³-hybridized carbons (Fsp3) is 0.650. The van der Waals surface area contributed by atoms with Gasteiger partial charge in [-0.25, -0.2) is 0 Å². The minimum Gasteiger partial charge on any atom is -0.396 e. The molecule has 2 unspecified atom stereocenters. The molecule has 0 bridgehead atoms. The highest BCUT2D eigenvalue weighted by Gasteiger charge is 2.34. The maximum Gasteiger partial charge on any atom is 0.191 e. The zero-order chi connectivity index (χ0) is 17.5. The molecule has 0 spiro atoms. The molecule has 0 amide bonds. The van der Waals surface area contributed by atoms with Crippen molar-refractivity contribution in [3.05, 3.63) is 35.9 Å². The Kier molecular flexibility index (Phi) is 6.70. The van der Waals surface area contributed by atoms with Crippen molar-refractivity contribution in [3.63, 3.8) is 0 Å². The molecule has 1 aromatic rings. The molecule has 3 rings (SSSR count). The predicted octanol–water partition coefficient (Wildman–Crippen LogP) is 1.80. The van der Waals surface area contributed by atoms with Crippen LogP contribution >= 0.6 is 0 Å². The minimum absolute atomic E-state index is 0.0495. The highest BCUT2D eigenvalue weighted by atomic mass is 16.3. The summed E-state index contributed by atoms with van der Waals surface area (Å²) in [7, 11) is 0. The van der Waals surface area contributed by atoms with E-state index in [0.29, 0.717) is 12.5 Å². The predicted molar refractivity (Wildman–Crippen MR) is 103 cm³/mol. The lowest BCUT2D eigenvalue weighted by Gasteiger charge is -2.18. The van der Waals surface area contributed by atoms with Crippen LogP contribution in [0.2, 0.25) is 0 Å². The number of aliphatic hydroxyl groups excluding tert-OH is 1. The second-order valence-corrected chi connectivity index (χ2v) is 7.27. The number of hydrogen-bond donors (Lipinski definition) is 3. The average Bonchev–Trinajstić information content (AvgIpc) is 3.39. The zero-order valence-corrected chi connectivity index (χ0v) is 15.3. The Hall–Kier alpha value is -1.59. The summed E-state index contributed by atoms with van der Waals surface area (Å²) in [5, 5.41) is 16.5. The van der Waals surface area contributed by atoms with Gasteiger partial charge in [-0.1, -0.05) is 30.3 Å². The van der Waals surface area contributed by atoms with Gasteiger partial charge >= 0.3 is 0 Å². The Morgan fingerprint density at radius 1 is 1.24 bits per heavy atom. The van der Waals surface area contributed by atoms with Crippen LogP contribution in [0.15, 0.2) is 35.3 Å². The Bertz CT molecular complexity index is 544. The van der Waals surface area contributed by atoms with Crippen LogP contribution in [-0.2, 0) is 0 Å². The third-order valence-corrected chi connectivity index (χ3v) is 5.24. The van der Waals surface area contributed by atoms with Gasteiger partial charge in [0.05, 0.1) is 13.2 Å². The number of benzene rings is 1. The number of aliphatic imine (C=N–C) groups is 1. The monoisotopic (exact) mass is 344 g/mol. The standard InChI is InChI=1S/C20H32N4O/c1-2-21-20(22-12-16-10-11-24(14-16)19-8-9-19)23-13-18(15-25)17-6-4-3-5-7-17/h3-7,16,18-19,25H,2,8-15H2,1H3,(H2,21,22,23). The van der Waals surface area contributed by atoms with Crippen molar-refractivity contribution in [1.82, 2.24) is 15.5 Å². The van der Waals surface area contributed by atoms with Crippen molar-refractivity contribution in [3.8, 4) is 0 Å². The van der Waals surface area contributed by atoms with Gasteiger partial charge in [0.25, 0.3) is 0 Å². The number of likely N-dealkylation sites (tertiary alicyclic amines) is 1. The average molecular weight is 345 g/mol. The van der Waals surface area contributed by atoms with E-state index in [-0.39, 0.29) is 12.5 Å². The van der Waals surface area contributed by atoms with Crippen molar-refractivity contribution in [2.75, 3.05) is 39.3 Å². The molecule has 1 aliphatic carbocycles. The van der Waals surface area contributed by atoms with Crippen molar-refractivity contribution in [2.24, 2.45) is 10.9 Å². The molecule has 0 aromatic heterocycles. The summed E-state index contributed by atoms with van der Waals surface area (Å²) in [4.78, 5) is 7.36. The van der Waals surface area contributed by atoms with Gasteiger partial charge in [-0.15, -0.1) is 0 Å². The molecule has 2 aliphatic rings. The fourth-order valence-corrected chi connectivity index (χ4v) is 3.58. The highest BCUT2D eigenvalue weighted by molar-refractivity contribution is 5.79. The van der Waals surface area contributed by atoms with Gasteiger partial charge in [0.15, 0.2) is 5.96 Å². The van der Waals surface area contributed by atoms with E-state index in [1.165, 1.54) is 32.4 Å². The molecule has 0 radical (unpaired) electrons. The SMILES string of the molecule is CCNC(=NCC(CO)c1ccccc1)NCC1CCN(C2CC2)C1. The Balaban J connectivity index is 1.50. The number of nitrogens with zero attached hydrogens (tertiary/aromatic N) is 2. The number of aliphatic hydroxyl groups is 1. The lowest BCUT2D eigenvalue weighted by Crippen LogP contribution is -2.40. The first kappa shape index (κ1) is 18.2. The topological polar surface area (TPSA) is 59.9 Å². The Morgan fingerprint density at radius 2 is 2.04 bits per heavy atom. The van der Waals surface area contributed by atoms with Crippen molar-refractivity contribution >= 4 is 5.96 Å².